The van der Waals surface area contributed by atoms with Gasteiger partial charge in [-0.15, -0.1) is 0 Å². The van der Waals surface area contributed by atoms with E-state index in [1.54, 1.807) is 12.1 Å². The molecule has 32 heavy (non-hydrogen) atoms. The Morgan fingerprint density at radius 3 is 2.06 bits per heavy atom. The summed E-state index contributed by atoms with van der Waals surface area (Å²) in [6, 6.07) is 27.8. The fourth-order valence-electron chi connectivity index (χ4n) is 4.07. The first kappa shape index (κ1) is 21.6. The fraction of sp³-hybridized carbons (Fsp3) is 0.231. The average Bonchev–Trinajstić information content (AvgIpc) is 3.11. The number of hydrogen-bond donors (Lipinski definition) is 1. The third-order valence-electron chi connectivity index (χ3n) is 5.65. The minimum Gasteiger partial charge on any atom is -0.444 e. The van der Waals surface area contributed by atoms with Crippen LogP contribution in [-0.4, -0.2) is 34.2 Å². The summed E-state index contributed by atoms with van der Waals surface area (Å²) in [4.78, 5) is 28.1. The van der Waals surface area contributed by atoms with Crippen molar-refractivity contribution in [3.8, 4) is 0 Å². The number of ether oxygens (including phenoxy) is 2. The lowest BCUT2D eigenvalue weighted by Gasteiger charge is -2.35. The molecule has 6 nitrogen and oxygen atoms in total. The number of rotatable bonds is 7. The van der Waals surface area contributed by atoms with Crippen LogP contribution in [0.3, 0.4) is 0 Å². The molecule has 0 saturated carbocycles. The lowest BCUT2D eigenvalue weighted by Crippen LogP contribution is -2.54. The third kappa shape index (κ3) is 4.36. The first-order valence-corrected chi connectivity index (χ1v) is 10.5. The number of amides is 1. The van der Waals surface area contributed by atoms with Crippen LogP contribution in [0.2, 0.25) is 0 Å². The number of carbonyl (C=O) groups is 2. The highest BCUT2D eigenvalue weighted by molar-refractivity contribution is 5.89. The maximum atomic E-state index is 13.4. The topological polar surface area (TPSA) is 76.1 Å². The predicted molar refractivity (Wildman–Crippen MR) is 118 cm³/mol. The minimum absolute atomic E-state index is 0.0322. The number of aliphatic hydroxyl groups excluding tert-OH is 1. The quantitative estimate of drug-likeness (QED) is 0.566. The molecular weight excluding hydrogens is 406 g/mol. The number of aliphatic hydroxyl groups is 1. The van der Waals surface area contributed by atoms with Gasteiger partial charge in [0.25, 0.3) is 0 Å². The average molecular weight is 431 g/mol. The molecule has 0 aliphatic carbocycles. The van der Waals surface area contributed by atoms with Crippen LogP contribution in [0.25, 0.3) is 0 Å². The van der Waals surface area contributed by atoms with Crippen LogP contribution in [0.15, 0.2) is 91.0 Å². The van der Waals surface area contributed by atoms with Gasteiger partial charge in [-0.25, -0.2) is 9.59 Å². The van der Waals surface area contributed by atoms with Crippen LogP contribution in [-0.2, 0) is 27.3 Å². The van der Waals surface area contributed by atoms with Crippen LogP contribution in [0.4, 0.5) is 4.79 Å². The van der Waals surface area contributed by atoms with Gasteiger partial charge in [0.1, 0.15) is 6.61 Å². The number of nitrogens with zero attached hydrogens (tertiary/aromatic N) is 1. The van der Waals surface area contributed by atoms with E-state index in [0.717, 1.165) is 11.1 Å². The van der Waals surface area contributed by atoms with Crippen LogP contribution in [0.1, 0.15) is 29.3 Å². The number of carbonyl (C=O) groups excluding carboxylic acids is 2. The van der Waals surface area contributed by atoms with Gasteiger partial charge in [0.2, 0.25) is 6.23 Å². The Hall–Kier alpha value is -3.64. The summed E-state index contributed by atoms with van der Waals surface area (Å²) in [7, 11) is 0. The van der Waals surface area contributed by atoms with Gasteiger partial charge in [-0.3, -0.25) is 4.90 Å². The zero-order valence-electron chi connectivity index (χ0n) is 17.6. The Kier molecular flexibility index (Phi) is 6.52. The van der Waals surface area contributed by atoms with Crippen LogP contribution in [0, 0.1) is 0 Å². The summed E-state index contributed by atoms with van der Waals surface area (Å²) in [5.41, 5.74) is 0.960. The van der Waals surface area contributed by atoms with E-state index >= 15 is 0 Å². The molecular formula is C26H25NO5. The minimum atomic E-state index is -1.38. The lowest BCUT2D eigenvalue weighted by atomic mass is 9.86. The molecule has 6 heteroatoms. The van der Waals surface area contributed by atoms with Gasteiger partial charge in [0.15, 0.2) is 5.54 Å². The zero-order valence-corrected chi connectivity index (χ0v) is 17.6. The number of cyclic esters (lactones) is 1. The van der Waals surface area contributed by atoms with Gasteiger partial charge >= 0.3 is 12.1 Å². The molecule has 0 radical (unpaired) electrons. The standard InChI is InChI=1S/C26H25NO5/c28-17-16-26(18-20-10-4-1-5-11-20)24(29)32-23(22-14-8-3-9-15-22)27(26)25(30)31-19-21-12-6-2-7-13-21/h1-15,23,28H,16-19H2/t23-,26+/m1/s1. The van der Waals surface area contributed by atoms with E-state index in [1.165, 1.54) is 4.90 Å². The Morgan fingerprint density at radius 2 is 1.47 bits per heavy atom. The van der Waals surface area contributed by atoms with Crippen molar-refractivity contribution < 1.29 is 24.2 Å². The van der Waals surface area contributed by atoms with E-state index in [-0.39, 0.29) is 26.1 Å². The Morgan fingerprint density at radius 1 is 0.906 bits per heavy atom. The SMILES string of the molecule is O=C(OCc1ccccc1)N1[C@@H](c2ccccc2)OC(=O)[C@]1(CCO)Cc1ccccc1. The summed E-state index contributed by atoms with van der Waals surface area (Å²) in [5.74, 6) is -0.555. The summed E-state index contributed by atoms with van der Waals surface area (Å²) >= 11 is 0. The zero-order chi connectivity index (χ0) is 22.4. The summed E-state index contributed by atoms with van der Waals surface area (Å²) in [6.45, 7) is -0.224. The third-order valence-corrected chi connectivity index (χ3v) is 5.65. The summed E-state index contributed by atoms with van der Waals surface area (Å²) in [6.07, 6.45) is -1.37. The van der Waals surface area contributed by atoms with E-state index in [2.05, 4.69) is 0 Å². The molecule has 1 heterocycles. The van der Waals surface area contributed by atoms with E-state index in [4.69, 9.17) is 9.47 Å². The normalized spacial score (nSPS) is 20.1. The first-order valence-electron chi connectivity index (χ1n) is 10.5. The van der Waals surface area contributed by atoms with Crippen molar-refractivity contribution in [3.05, 3.63) is 108 Å². The van der Waals surface area contributed by atoms with Crippen molar-refractivity contribution >= 4 is 12.1 Å². The highest BCUT2D eigenvalue weighted by Gasteiger charge is 2.58. The van der Waals surface area contributed by atoms with E-state index < -0.39 is 23.8 Å². The van der Waals surface area contributed by atoms with E-state index in [9.17, 15) is 14.7 Å². The second kappa shape index (κ2) is 9.66. The van der Waals surface area contributed by atoms with Crippen molar-refractivity contribution in [2.45, 2.75) is 31.2 Å². The lowest BCUT2D eigenvalue weighted by molar-refractivity contribution is -0.146. The van der Waals surface area contributed by atoms with Crippen molar-refractivity contribution in [1.29, 1.82) is 0 Å². The van der Waals surface area contributed by atoms with Gasteiger partial charge in [-0.1, -0.05) is 91.0 Å². The van der Waals surface area contributed by atoms with Crippen LogP contribution >= 0.6 is 0 Å². The molecule has 0 bridgehead atoms. The molecule has 1 amide bonds. The largest absolute Gasteiger partial charge is 0.444 e. The van der Waals surface area contributed by atoms with Crippen molar-refractivity contribution in [2.75, 3.05) is 6.61 Å². The number of esters is 1. The molecule has 1 aliphatic heterocycles. The molecule has 3 aromatic carbocycles. The molecule has 3 aromatic rings. The van der Waals surface area contributed by atoms with Gasteiger partial charge in [0, 0.05) is 25.0 Å². The molecule has 0 unspecified atom stereocenters. The van der Waals surface area contributed by atoms with Crippen molar-refractivity contribution in [1.82, 2.24) is 4.90 Å². The molecule has 1 fully saturated rings. The second-order valence-electron chi connectivity index (χ2n) is 7.75. The highest BCUT2D eigenvalue weighted by atomic mass is 16.6. The molecule has 0 aromatic heterocycles. The molecule has 1 N–H and O–H groups in total. The number of benzene rings is 3. The fourth-order valence-corrected chi connectivity index (χ4v) is 4.07. The van der Waals surface area contributed by atoms with E-state index in [1.807, 2.05) is 78.9 Å². The van der Waals surface area contributed by atoms with Gasteiger partial charge in [-0.05, 0) is 11.1 Å². The maximum absolute atomic E-state index is 13.4. The van der Waals surface area contributed by atoms with Crippen molar-refractivity contribution in [3.63, 3.8) is 0 Å². The monoisotopic (exact) mass is 431 g/mol. The second-order valence-corrected chi connectivity index (χ2v) is 7.75. The maximum Gasteiger partial charge on any atom is 0.414 e. The Labute approximate surface area is 187 Å². The summed E-state index contributed by atoms with van der Waals surface area (Å²) < 4.78 is 11.4. The molecule has 2 atom stereocenters. The van der Waals surface area contributed by atoms with Gasteiger partial charge < -0.3 is 14.6 Å². The van der Waals surface area contributed by atoms with Gasteiger partial charge in [-0.2, -0.15) is 0 Å². The van der Waals surface area contributed by atoms with E-state index in [0.29, 0.717) is 5.56 Å². The van der Waals surface area contributed by atoms with Crippen molar-refractivity contribution in [2.24, 2.45) is 0 Å². The highest BCUT2D eigenvalue weighted by Crippen LogP contribution is 2.42. The molecule has 0 spiro atoms. The Bertz CT molecular complexity index is 1040. The summed E-state index contributed by atoms with van der Waals surface area (Å²) in [5, 5.41) is 9.87. The molecule has 1 saturated heterocycles. The first-order chi connectivity index (χ1) is 15.6. The van der Waals surface area contributed by atoms with Gasteiger partial charge in [0.05, 0.1) is 0 Å². The Balaban J connectivity index is 1.71. The predicted octanol–water partition coefficient (Wildman–Crippen LogP) is 4.24. The van der Waals surface area contributed by atoms with Crippen LogP contribution < -0.4 is 0 Å². The molecule has 1 aliphatic rings. The number of hydrogen-bond acceptors (Lipinski definition) is 5. The molecule has 4 rings (SSSR count). The van der Waals surface area contributed by atoms with Crippen LogP contribution in [0.5, 0.6) is 0 Å². The smallest absolute Gasteiger partial charge is 0.414 e. The molecule has 164 valence electrons.